The third-order valence-electron chi connectivity index (χ3n) is 7.24. The molecule has 3 aromatic rings. The molecule has 2 aromatic heterocycles. The molecule has 4 heterocycles. The van der Waals surface area contributed by atoms with Crippen LogP contribution in [0.3, 0.4) is 0 Å². The van der Waals surface area contributed by atoms with Crippen molar-refractivity contribution in [3.8, 4) is 6.07 Å². The van der Waals surface area contributed by atoms with Crippen molar-refractivity contribution in [1.82, 2.24) is 24.6 Å². The normalized spacial score (nSPS) is 21.0. The molecule has 2 aliphatic rings. The average Bonchev–Trinajstić information content (AvgIpc) is 3.16. The number of aromatic nitrogens is 4. The summed E-state index contributed by atoms with van der Waals surface area (Å²) in [6.07, 6.45) is 3.87. The zero-order chi connectivity index (χ0) is 24.7. The SMILES string of the molecule is CC(O)CN1CCCC(C2CN(c3cnc4c(C#N)nn([C@H](C)c5ccc(Cl)cc5Cl)c4n3)C2)C1. The van der Waals surface area contributed by atoms with Gasteiger partial charge < -0.3 is 14.9 Å². The maximum atomic E-state index is 9.75. The lowest BCUT2D eigenvalue weighted by molar-refractivity contribution is 0.0725. The van der Waals surface area contributed by atoms with E-state index in [9.17, 15) is 10.4 Å². The first kappa shape index (κ1) is 24.3. The summed E-state index contributed by atoms with van der Waals surface area (Å²) in [7, 11) is 0. The molecule has 184 valence electrons. The molecule has 0 bridgehead atoms. The molecule has 8 nitrogen and oxygen atoms in total. The molecule has 2 fully saturated rings. The average molecular weight is 514 g/mol. The number of rotatable bonds is 6. The number of nitrogens with zero attached hydrogens (tertiary/aromatic N) is 7. The number of β-amino-alcohol motifs (C(OH)–C–C–N with tert-alkyl or cyclic N) is 1. The maximum Gasteiger partial charge on any atom is 0.190 e. The van der Waals surface area contributed by atoms with Gasteiger partial charge >= 0.3 is 0 Å². The highest BCUT2D eigenvalue weighted by Gasteiger charge is 2.37. The Bertz CT molecular complexity index is 1260. The first-order valence-electron chi connectivity index (χ1n) is 12.1. The lowest BCUT2D eigenvalue weighted by Gasteiger charge is -2.47. The minimum atomic E-state index is -0.290. The van der Waals surface area contributed by atoms with Gasteiger partial charge in [-0.25, -0.2) is 14.6 Å². The van der Waals surface area contributed by atoms with Crippen LogP contribution in [0, 0.1) is 23.2 Å². The van der Waals surface area contributed by atoms with E-state index < -0.39 is 0 Å². The summed E-state index contributed by atoms with van der Waals surface area (Å²) in [5.74, 6) is 2.04. The second kappa shape index (κ2) is 9.90. The number of benzene rings is 1. The molecular formula is C25H29Cl2N7O. The number of halogens is 2. The lowest BCUT2D eigenvalue weighted by atomic mass is 9.80. The smallest absolute Gasteiger partial charge is 0.190 e. The number of nitriles is 1. The van der Waals surface area contributed by atoms with Crippen LogP contribution in [0.4, 0.5) is 5.82 Å². The number of hydrogen-bond acceptors (Lipinski definition) is 7. The number of anilines is 1. The van der Waals surface area contributed by atoms with Crippen LogP contribution < -0.4 is 4.90 Å². The number of fused-ring (bicyclic) bond motifs is 1. The molecule has 35 heavy (non-hydrogen) atoms. The summed E-state index contributed by atoms with van der Waals surface area (Å²) in [4.78, 5) is 14.1. The van der Waals surface area contributed by atoms with Crippen LogP contribution in [0.15, 0.2) is 24.4 Å². The molecule has 2 unspecified atom stereocenters. The summed E-state index contributed by atoms with van der Waals surface area (Å²) in [6, 6.07) is 7.26. The molecule has 3 atom stereocenters. The van der Waals surface area contributed by atoms with Gasteiger partial charge in [-0.1, -0.05) is 29.3 Å². The fourth-order valence-electron chi connectivity index (χ4n) is 5.38. The summed E-state index contributed by atoms with van der Waals surface area (Å²) in [5.41, 5.74) is 2.16. The van der Waals surface area contributed by atoms with E-state index in [1.807, 2.05) is 19.9 Å². The van der Waals surface area contributed by atoms with Gasteiger partial charge in [-0.3, -0.25) is 0 Å². The topological polar surface area (TPSA) is 94.1 Å². The Kier molecular flexibility index (Phi) is 6.86. The largest absolute Gasteiger partial charge is 0.392 e. The standard InChI is InChI=1S/C25H29Cl2N7O/c1-15(35)11-32-7-3-4-17(12-32)18-13-33(14-18)23-10-29-24-22(9-28)31-34(25(24)30-23)16(2)20-6-5-19(26)8-21(20)27/h5-6,8,10,15-18,35H,3-4,7,11-14H2,1-2H3/t15?,16-,17?/m1/s1. The zero-order valence-corrected chi connectivity index (χ0v) is 21.4. The highest BCUT2D eigenvalue weighted by atomic mass is 35.5. The van der Waals surface area contributed by atoms with Gasteiger partial charge in [-0.15, -0.1) is 0 Å². The Balaban J connectivity index is 1.36. The molecular weight excluding hydrogens is 485 g/mol. The molecule has 1 aromatic carbocycles. The first-order chi connectivity index (χ1) is 16.8. The lowest BCUT2D eigenvalue weighted by Crippen LogP contribution is -2.54. The summed E-state index contributed by atoms with van der Waals surface area (Å²) >= 11 is 12.5. The Hall–Kier alpha value is -2.44. The predicted molar refractivity (Wildman–Crippen MR) is 137 cm³/mol. The number of piperidine rings is 1. The van der Waals surface area contributed by atoms with Crippen molar-refractivity contribution in [3.05, 3.63) is 45.7 Å². The van der Waals surface area contributed by atoms with Crippen LogP contribution >= 0.6 is 23.2 Å². The van der Waals surface area contributed by atoms with E-state index in [4.69, 9.17) is 28.2 Å². The van der Waals surface area contributed by atoms with Crippen molar-refractivity contribution in [3.63, 3.8) is 0 Å². The molecule has 2 saturated heterocycles. The summed E-state index contributed by atoms with van der Waals surface area (Å²) in [5, 5.41) is 25.0. The van der Waals surface area contributed by atoms with Gasteiger partial charge in [0.1, 0.15) is 17.4 Å². The first-order valence-corrected chi connectivity index (χ1v) is 12.8. The molecule has 0 spiro atoms. The summed E-state index contributed by atoms with van der Waals surface area (Å²) < 4.78 is 1.73. The minimum Gasteiger partial charge on any atom is -0.392 e. The van der Waals surface area contributed by atoms with Gasteiger partial charge in [0, 0.05) is 36.2 Å². The zero-order valence-electron chi connectivity index (χ0n) is 19.9. The Morgan fingerprint density at radius 3 is 2.71 bits per heavy atom. The fraction of sp³-hybridized carbons (Fsp3) is 0.520. The van der Waals surface area contributed by atoms with Gasteiger partial charge in [0.05, 0.1) is 18.3 Å². The van der Waals surface area contributed by atoms with Crippen molar-refractivity contribution in [1.29, 1.82) is 5.26 Å². The number of aliphatic hydroxyl groups is 1. The van der Waals surface area contributed by atoms with E-state index in [1.54, 1.807) is 23.0 Å². The van der Waals surface area contributed by atoms with Gasteiger partial charge in [-0.05, 0) is 62.8 Å². The van der Waals surface area contributed by atoms with E-state index in [0.717, 1.165) is 44.1 Å². The van der Waals surface area contributed by atoms with Gasteiger partial charge in [0.2, 0.25) is 0 Å². The third-order valence-corrected chi connectivity index (χ3v) is 7.80. The minimum absolute atomic E-state index is 0.248. The Morgan fingerprint density at radius 2 is 2.00 bits per heavy atom. The van der Waals surface area contributed by atoms with Crippen LogP contribution in [0.1, 0.15) is 44.0 Å². The van der Waals surface area contributed by atoms with Crippen LogP contribution in [0.5, 0.6) is 0 Å². The van der Waals surface area contributed by atoms with E-state index >= 15 is 0 Å². The third kappa shape index (κ3) is 4.83. The van der Waals surface area contributed by atoms with Crippen molar-refractivity contribution in [2.45, 2.75) is 38.8 Å². The Morgan fingerprint density at radius 1 is 1.20 bits per heavy atom. The van der Waals surface area contributed by atoms with Crippen molar-refractivity contribution >= 4 is 40.2 Å². The van der Waals surface area contributed by atoms with E-state index in [1.165, 1.54) is 12.8 Å². The van der Waals surface area contributed by atoms with E-state index in [0.29, 0.717) is 33.0 Å². The molecule has 1 N–H and O–H groups in total. The molecule has 0 aliphatic carbocycles. The molecule has 0 radical (unpaired) electrons. The van der Waals surface area contributed by atoms with Crippen molar-refractivity contribution < 1.29 is 5.11 Å². The van der Waals surface area contributed by atoms with Crippen LogP contribution in [0.25, 0.3) is 11.2 Å². The fourth-order valence-corrected chi connectivity index (χ4v) is 5.95. The number of hydrogen-bond donors (Lipinski definition) is 1. The highest BCUT2D eigenvalue weighted by Crippen LogP contribution is 2.35. The second-order valence-corrected chi connectivity index (χ2v) is 10.7. The van der Waals surface area contributed by atoms with Crippen LogP contribution in [-0.2, 0) is 0 Å². The van der Waals surface area contributed by atoms with E-state index in [-0.39, 0.29) is 17.8 Å². The van der Waals surface area contributed by atoms with Crippen LogP contribution in [0.2, 0.25) is 10.0 Å². The molecule has 5 rings (SSSR count). The van der Waals surface area contributed by atoms with Gasteiger partial charge in [0.15, 0.2) is 11.3 Å². The van der Waals surface area contributed by atoms with E-state index in [2.05, 4.69) is 26.0 Å². The monoisotopic (exact) mass is 513 g/mol. The molecule has 0 saturated carbocycles. The van der Waals surface area contributed by atoms with Crippen LogP contribution in [-0.4, -0.2) is 68.6 Å². The summed E-state index contributed by atoms with van der Waals surface area (Å²) in [6.45, 7) is 8.56. The van der Waals surface area contributed by atoms with Gasteiger partial charge in [-0.2, -0.15) is 10.4 Å². The molecule has 2 aliphatic heterocycles. The quantitative estimate of drug-likeness (QED) is 0.528. The molecule has 10 heteroatoms. The number of likely N-dealkylation sites (tertiary alicyclic amines) is 1. The van der Waals surface area contributed by atoms with Crippen molar-refractivity contribution in [2.75, 3.05) is 37.6 Å². The second-order valence-electron chi connectivity index (χ2n) is 9.82. The number of aliphatic hydroxyl groups excluding tert-OH is 1. The van der Waals surface area contributed by atoms with Gasteiger partial charge in [0.25, 0.3) is 0 Å². The maximum absolute atomic E-state index is 9.75. The Labute approximate surface area is 215 Å². The predicted octanol–water partition coefficient (Wildman–Crippen LogP) is 4.14. The molecule has 0 amide bonds. The highest BCUT2D eigenvalue weighted by molar-refractivity contribution is 6.35. The van der Waals surface area contributed by atoms with Crippen molar-refractivity contribution in [2.24, 2.45) is 11.8 Å².